The van der Waals surface area contributed by atoms with E-state index in [2.05, 4.69) is 15.3 Å². The number of H-pyrrole nitrogens is 1. The van der Waals surface area contributed by atoms with E-state index in [1.807, 2.05) is 44.2 Å². The lowest BCUT2D eigenvalue weighted by molar-refractivity contribution is -0.128. The molecule has 0 radical (unpaired) electrons. The highest BCUT2D eigenvalue weighted by Gasteiger charge is 2.19. The van der Waals surface area contributed by atoms with Crippen LogP contribution >= 0.6 is 11.6 Å². The van der Waals surface area contributed by atoms with E-state index in [0.717, 1.165) is 16.6 Å². The zero-order valence-electron chi connectivity index (χ0n) is 14.3. The van der Waals surface area contributed by atoms with Crippen molar-refractivity contribution in [2.24, 2.45) is 0 Å². The summed E-state index contributed by atoms with van der Waals surface area (Å²) in [6.07, 6.45) is -0.632. The summed E-state index contributed by atoms with van der Waals surface area (Å²) in [5, 5.41) is 3.59. The van der Waals surface area contributed by atoms with Crippen LogP contribution in [0.3, 0.4) is 0 Å². The van der Waals surface area contributed by atoms with Gasteiger partial charge in [0.25, 0.3) is 5.91 Å². The van der Waals surface area contributed by atoms with Crippen LogP contribution in [-0.4, -0.2) is 22.0 Å². The van der Waals surface area contributed by atoms with Crippen LogP contribution in [0.15, 0.2) is 42.5 Å². The van der Waals surface area contributed by atoms with E-state index >= 15 is 0 Å². The molecule has 1 aromatic heterocycles. The van der Waals surface area contributed by atoms with E-state index < -0.39 is 6.10 Å². The number of ether oxygens (including phenoxy) is 1. The Balaban J connectivity index is 1.64. The molecule has 0 saturated heterocycles. The standard InChI is InChI=1S/C19H20ClN3O2/c1-11-10-14(8-9-15(11)20)25-13(3)19(24)21-12(2)18-22-16-6-4-5-7-17(16)23-18/h4-10,12-13H,1-3H3,(H,21,24)(H,22,23). The Labute approximate surface area is 151 Å². The Morgan fingerprint density at radius 2 is 2.00 bits per heavy atom. The Morgan fingerprint density at radius 3 is 2.72 bits per heavy atom. The molecule has 0 aliphatic carbocycles. The second-order valence-corrected chi connectivity index (χ2v) is 6.45. The van der Waals surface area contributed by atoms with Gasteiger partial charge in [0.1, 0.15) is 11.6 Å². The van der Waals surface area contributed by atoms with E-state index in [0.29, 0.717) is 16.6 Å². The first-order valence-corrected chi connectivity index (χ1v) is 8.49. The average molecular weight is 358 g/mol. The SMILES string of the molecule is Cc1cc(OC(C)C(=O)NC(C)c2nc3ccccc3[nH]2)ccc1Cl. The Hall–Kier alpha value is -2.53. The molecule has 0 bridgehead atoms. The summed E-state index contributed by atoms with van der Waals surface area (Å²) in [7, 11) is 0. The third-order valence-corrected chi connectivity index (χ3v) is 4.41. The lowest BCUT2D eigenvalue weighted by Crippen LogP contribution is -2.38. The second kappa shape index (κ2) is 7.15. The molecule has 2 unspecified atom stereocenters. The minimum atomic E-state index is -0.632. The quantitative estimate of drug-likeness (QED) is 0.720. The molecule has 3 aromatic rings. The highest BCUT2D eigenvalue weighted by atomic mass is 35.5. The molecule has 130 valence electrons. The fraction of sp³-hybridized carbons (Fsp3) is 0.263. The third kappa shape index (κ3) is 3.94. The van der Waals surface area contributed by atoms with Crippen molar-refractivity contribution >= 4 is 28.5 Å². The number of nitrogens with one attached hydrogen (secondary N) is 2. The summed E-state index contributed by atoms with van der Waals surface area (Å²) < 4.78 is 5.71. The molecular formula is C19H20ClN3O2. The van der Waals surface area contributed by atoms with Crippen molar-refractivity contribution in [2.45, 2.75) is 32.9 Å². The fourth-order valence-electron chi connectivity index (χ4n) is 2.52. The predicted molar refractivity (Wildman–Crippen MR) is 98.9 cm³/mol. The van der Waals surface area contributed by atoms with Gasteiger partial charge in [0.2, 0.25) is 0 Å². The van der Waals surface area contributed by atoms with Crippen molar-refractivity contribution in [2.75, 3.05) is 0 Å². The van der Waals surface area contributed by atoms with Gasteiger partial charge in [-0.25, -0.2) is 4.98 Å². The Morgan fingerprint density at radius 1 is 1.24 bits per heavy atom. The number of fused-ring (bicyclic) bond motifs is 1. The summed E-state index contributed by atoms with van der Waals surface area (Å²) in [5.74, 6) is 1.12. The number of hydrogen-bond acceptors (Lipinski definition) is 3. The zero-order chi connectivity index (χ0) is 18.0. The molecule has 6 heteroatoms. The van der Waals surface area contributed by atoms with Gasteiger partial charge < -0.3 is 15.0 Å². The molecule has 0 aliphatic rings. The van der Waals surface area contributed by atoms with E-state index in [9.17, 15) is 4.79 Å². The fourth-order valence-corrected chi connectivity index (χ4v) is 2.64. The number of imidazole rings is 1. The van der Waals surface area contributed by atoms with E-state index in [-0.39, 0.29) is 11.9 Å². The molecule has 1 amide bonds. The molecule has 5 nitrogen and oxygen atoms in total. The molecule has 0 aliphatic heterocycles. The number of nitrogens with zero attached hydrogens (tertiary/aromatic N) is 1. The van der Waals surface area contributed by atoms with Crippen molar-refractivity contribution in [3.05, 3.63) is 58.9 Å². The summed E-state index contributed by atoms with van der Waals surface area (Å²) in [6, 6.07) is 12.8. The van der Waals surface area contributed by atoms with Gasteiger partial charge in [0, 0.05) is 5.02 Å². The average Bonchev–Trinajstić information content (AvgIpc) is 3.02. The topological polar surface area (TPSA) is 67.0 Å². The number of para-hydroxylation sites is 2. The molecule has 3 rings (SSSR count). The first kappa shape index (κ1) is 17.3. The molecule has 0 fully saturated rings. The van der Waals surface area contributed by atoms with Crippen molar-refractivity contribution in [3.63, 3.8) is 0 Å². The first-order valence-electron chi connectivity index (χ1n) is 8.12. The number of aryl methyl sites for hydroxylation is 1. The molecule has 0 saturated carbocycles. The number of hydrogen-bond donors (Lipinski definition) is 2. The maximum Gasteiger partial charge on any atom is 0.261 e. The number of aromatic nitrogens is 2. The number of benzene rings is 2. The predicted octanol–water partition coefficient (Wildman–Crippen LogP) is 4.17. The molecule has 2 aromatic carbocycles. The molecule has 2 atom stereocenters. The Bertz CT molecular complexity index is 874. The van der Waals surface area contributed by atoms with E-state index in [1.165, 1.54) is 0 Å². The van der Waals surface area contributed by atoms with Gasteiger partial charge in [-0.2, -0.15) is 0 Å². The summed E-state index contributed by atoms with van der Waals surface area (Å²) in [4.78, 5) is 20.1. The van der Waals surface area contributed by atoms with Crippen molar-refractivity contribution in [1.82, 2.24) is 15.3 Å². The van der Waals surface area contributed by atoms with Gasteiger partial charge >= 0.3 is 0 Å². The van der Waals surface area contributed by atoms with Crippen LogP contribution in [-0.2, 0) is 4.79 Å². The van der Waals surface area contributed by atoms with Crippen LogP contribution in [0.1, 0.15) is 31.3 Å². The van der Waals surface area contributed by atoms with Crippen LogP contribution in [0.4, 0.5) is 0 Å². The van der Waals surface area contributed by atoms with Gasteiger partial charge in [0.05, 0.1) is 17.1 Å². The van der Waals surface area contributed by atoms with E-state index in [1.54, 1.807) is 19.1 Å². The Kier molecular flexibility index (Phi) is 4.95. The number of amides is 1. The van der Waals surface area contributed by atoms with Crippen molar-refractivity contribution in [3.8, 4) is 5.75 Å². The minimum absolute atomic E-state index is 0.208. The van der Waals surface area contributed by atoms with Crippen LogP contribution in [0, 0.1) is 6.92 Å². The molecule has 2 N–H and O–H groups in total. The van der Waals surface area contributed by atoms with Gasteiger partial charge in [-0.3, -0.25) is 4.79 Å². The van der Waals surface area contributed by atoms with Gasteiger partial charge in [-0.1, -0.05) is 23.7 Å². The normalized spacial score (nSPS) is 13.4. The zero-order valence-corrected chi connectivity index (χ0v) is 15.1. The van der Waals surface area contributed by atoms with Crippen LogP contribution in [0.5, 0.6) is 5.75 Å². The van der Waals surface area contributed by atoms with E-state index in [4.69, 9.17) is 16.3 Å². The molecular weight excluding hydrogens is 338 g/mol. The molecule has 1 heterocycles. The minimum Gasteiger partial charge on any atom is -0.481 e. The number of halogens is 1. The largest absolute Gasteiger partial charge is 0.481 e. The number of rotatable bonds is 5. The van der Waals surface area contributed by atoms with Crippen LogP contribution < -0.4 is 10.1 Å². The third-order valence-electron chi connectivity index (χ3n) is 3.99. The molecule has 25 heavy (non-hydrogen) atoms. The van der Waals surface area contributed by atoms with Gasteiger partial charge in [-0.05, 0) is 56.7 Å². The summed E-state index contributed by atoms with van der Waals surface area (Å²) >= 11 is 6.00. The number of carbonyl (C=O) groups excluding carboxylic acids is 1. The monoisotopic (exact) mass is 357 g/mol. The first-order chi connectivity index (χ1) is 11.9. The summed E-state index contributed by atoms with van der Waals surface area (Å²) in [5.41, 5.74) is 2.72. The van der Waals surface area contributed by atoms with Crippen LogP contribution in [0.25, 0.3) is 11.0 Å². The maximum absolute atomic E-state index is 12.4. The van der Waals surface area contributed by atoms with Crippen molar-refractivity contribution in [1.29, 1.82) is 0 Å². The number of aromatic amines is 1. The lowest BCUT2D eigenvalue weighted by atomic mass is 10.2. The second-order valence-electron chi connectivity index (χ2n) is 6.04. The molecule has 0 spiro atoms. The highest BCUT2D eigenvalue weighted by molar-refractivity contribution is 6.31. The van der Waals surface area contributed by atoms with Gasteiger partial charge in [0.15, 0.2) is 6.10 Å². The van der Waals surface area contributed by atoms with Crippen molar-refractivity contribution < 1.29 is 9.53 Å². The smallest absolute Gasteiger partial charge is 0.261 e. The van der Waals surface area contributed by atoms with Crippen LogP contribution in [0.2, 0.25) is 5.02 Å². The highest BCUT2D eigenvalue weighted by Crippen LogP contribution is 2.22. The summed E-state index contributed by atoms with van der Waals surface area (Å²) in [6.45, 7) is 5.49. The lowest BCUT2D eigenvalue weighted by Gasteiger charge is -2.18. The van der Waals surface area contributed by atoms with Gasteiger partial charge in [-0.15, -0.1) is 0 Å². The maximum atomic E-state index is 12.4. The number of carbonyl (C=O) groups is 1.